The van der Waals surface area contributed by atoms with Crippen LogP contribution in [0, 0.1) is 25.3 Å². The molecule has 1 N–H and O–H groups in total. The van der Waals surface area contributed by atoms with Gasteiger partial charge in [0.25, 0.3) is 5.91 Å². The van der Waals surface area contributed by atoms with E-state index in [4.69, 9.17) is 4.99 Å². The fraction of sp³-hybridized carbons (Fsp3) is 0.250. The van der Waals surface area contributed by atoms with Crippen molar-refractivity contribution in [2.45, 2.75) is 19.9 Å². The van der Waals surface area contributed by atoms with Crippen LogP contribution in [0.3, 0.4) is 0 Å². The summed E-state index contributed by atoms with van der Waals surface area (Å²) < 4.78 is 0. The number of carbonyl (C=O) groups is 1. The highest BCUT2D eigenvalue weighted by atomic mass is 32.1. The Labute approximate surface area is 191 Å². The second-order valence-electron chi connectivity index (χ2n) is 7.60. The third-order valence-corrected chi connectivity index (χ3v) is 6.49. The van der Waals surface area contributed by atoms with Gasteiger partial charge in [-0.3, -0.25) is 10.1 Å². The number of nitriles is 1. The van der Waals surface area contributed by atoms with Crippen LogP contribution in [0.2, 0.25) is 0 Å². The van der Waals surface area contributed by atoms with E-state index in [1.54, 1.807) is 5.51 Å². The van der Waals surface area contributed by atoms with Crippen molar-refractivity contribution in [3.8, 4) is 6.19 Å². The molecule has 7 nitrogen and oxygen atoms in total. The summed E-state index contributed by atoms with van der Waals surface area (Å²) in [5.74, 6) is 0.480. The smallest absolute Gasteiger partial charge is 0.266 e. The Morgan fingerprint density at radius 2 is 1.91 bits per heavy atom. The number of hydrogen-bond donors (Lipinski definition) is 1. The van der Waals surface area contributed by atoms with Crippen molar-refractivity contribution in [1.29, 1.82) is 5.26 Å². The van der Waals surface area contributed by atoms with Gasteiger partial charge in [-0.05, 0) is 31.0 Å². The normalized spacial score (nSPS) is 16.5. The molecule has 0 radical (unpaired) electrons. The highest BCUT2D eigenvalue weighted by Gasteiger charge is 2.34. The Kier molecular flexibility index (Phi) is 6.47. The number of nitrogens with zero attached hydrogens (tertiary/aromatic N) is 5. The van der Waals surface area contributed by atoms with E-state index in [1.165, 1.54) is 11.3 Å². The fourth-order valence-corrected chi connectivity index (χ4v) is 4.60. The summed E-state index contributed by atoms with van der Waals surface area (Å²) >= 11 is 1.37. The largest absolute Gasteiger partial charge is 0.338 e. The van der Waals surface area contributed by atoms with Gasteiger partial charge in [0, 0.05) is 19.6 Å². The zero-order valence-electron chi connectivity index (χ0n) is 18.0. The molecule has 1 aromatic heterocycles. The number of guanidine groups is 1. The number of nitrogens with one attached hydrogen (secondary N) is 1. The summed E-state index contributed by atoms with van der Waals surface area (Å²) in [6, 6.07) is 17.6. The number of aliphatic imine (C=N–C) groups is 1. The number of rotatable bonds is 3. The molecule has 4 rings (SSSR count). The number of thiazole rings is 1. The van der Waals surface area contributed by atoms with Gasteiger partial charge >= 0.3 is 0 Å². The Morgan fingerprint density at radius 1 is 1.16 bits per heavy atom. The van der Waals surface area contributed by atoms with Crippen LogP contribution in [0.25, 0.3) is 0 Å². The van der Waals surface area contributed by atoms with Gasteiger partial charge in [0.05, 0.1) is 22.9 Å². The maximum atomic E-state index is 13.4. The highest BCUT2D eigenvalue weighted by molar-refractivity contribution is 7.11. The Balaban J connectivity index is 1.67. The third kappa shape index (κ3) is 4.48. The summed E-state index contributed by atoms with van der Waals surface area (Å²) in [6.45, 7) is 5.44. The summed E-state index contributed by atoms with van der Waals surface area (Å²) in [4.78, 5) is 27.0. The van der Waals surface area contributed by atoms with Gasteiger partial charge in [-0.2, -0.15) is 5.26 Å². The summed E-state index contributed by atoms with van der Waals surface area (Å²) in [6.07, 6.45) is 2.01. The summed E-state index contributed by atoms with van der Waals surface area (Å²) in [5, 5.41) is 12.1. The van der Waals surface area contributed by atoms with Gasteiger partial charge < -0.3 is 9.80 Å². The van der Waals surface area contributed by atoms with Crippen LogP contribution in [0.5, 0.6) is 0 Å². The number of hydrogen-bond acceptors (Lipinski definition) is 5. The van der Waals surface area contributed by atoms with Crippen LogP contribution in [0.15, 0.2) is 65.1 Å². The molecule has 1 unspecified atom stereocenters. The van der Waals surface area contributed by atoms with Crippen LogP contribution < -0.4 is 5.32 Å². The summed E-state index contributed by atoms with van der Waals surface area (Å²) in [7, 11) is 0. The van der Waals surface area contributed by atoms with Crippen molar-refractivity contribution in [1.82, 2.24) is 20.1 Å². The first-order valence-corrected chi connectivity index (χ1v) is 11.3. The maximum absolute atomic E-state index is 13.4. The van der Waals surface area contributed by atoms with E-state index in [0.717, 1.165) is 22.5 Å². The van der Waals surface area contributed by atoms with Crippen LogP contribution in [0.4, 0.5) is 5.69 Å². The van der Waals surface area contributed by atoms with Crippen molar-refractivity contribution >= 4 is 28.9 Å². The molecule has 0 bridgehead atoms. The van der Waals surface area contributed by atoms with E-state index < -0.39 is 0 Å². The lowest BCUT2D eigenvalue weighted by atomic mass is 10.0. The monoisotopic (exact) mass is 444 g/mol. The van der Waals surface area contributed by atoms with E-state index in [9.17, 15) is 10.1 Å². The predicted molar refractivity (Wildman–Crippen MR) is 126 cm³/mol. The van der Waals surface area contributed by atoms with Gasteiger partial charge in [0.2, 0.25) is 5.96 Å². The van der Waals surface area contributed by atoms with E-state index in [2.05, 4.69) is 10.3 Å². The number of para-hydroxylation sites is 1. The Bertz CT molecular complexity index is 1170. The minimum absolute atomic E-state index is 0.0101. The van der Waals surface area contributed by atoms with Gasteiger partial charge in [0.15, 0.2) is 6.19 Å². The molecule has 0 aliphatic carbocycles. The van der Waals surface area contributed by atoms with Gasteiger partial charge in [-0.1, -0.05) is 48.5 Å². The maximum Gasteiger partial charge on any atom is 0.266 e. The minimum atomic E-state index is -0.179. The van der Waals surface area contributed by atoms with Crippen molar-refractivity contribution in [2.75, 3.05) is 19.6 Å². The zero-order chi connectivity index (χ0) is 22.5. The number of aryl methyl sites for hydroxylation is 2. The Hall–Kier alpha value is -3.70. The predicted octanol–water partition coefficient (Wildman–Crippen LogP) is 4.02. The molecule has 0 spiro atoms. The number of piperazine rings is 1. The molecule has 3 aromatic rings. The molecule has 1 fully saturated rings. The van der Waals surface area contributed by atoms with E-state index in [1.807, 2.05) is 84.4 Å². The van der Waals surface area contributed by atoms with Crippen LogP contribution >= 0.6 is 11.3 Å². The zero-order valence-corrected chi connectivity index (χ0v) is 18.8. The first-order chi connectivity index (χ1) is 15.6. The van der Waals surface area contributed by atoms with E-state index in [0.29, 0.717) is 30.5 Å². The van der Waals surface area contributed by atoms with Gasteiger partial charge in [-0.25, -0.2) is 9.98 Å². The second-order valence-corrected chi connectivity index (χ2v) is 8.45. The lowest BCUT2D eigenvalue weighted by molar-refractivity contribution is 0.0551. The number of carbonyl (C=O) groups excluding carboxylic acids is 1. The molecule has 0 saturated carbocycles. The van der Waals surface area contributed by atoms with Gasteiger partial charge in [0.1, 0.15) is 4.88 Å². The second kappa shape index (κ2) is 9.62. The van der Waals surface area contributed by atoms with E-state index >= 15 is 0 Å². The molecule has 162 valence electrons. The highest BCUT2D eigenvalue weighted by Crippen LogP contribution is 2.29. The average molecular weight is 445 g/mol. The molecule has 2 heterocycles. The van der Waals surface area contributed by atoms with Gasteiger partial charge in [-0.15, -0.1) is 11.3 Å². The summed E-state index contributed by atoms with van der Waals surface area (Å²) in [5.41, 5.74) is 5.33. The van der Waals surface area contributed by atoms with Crippen LogP contribution in [-0.4, -0.2) is 46.3 Å². The van der Waals surface area contributed by atoms with Crippen molar-refractivity contribution in [3.63, 3.8) is 0 Å². The molecule has 32 heavy (non-hydrogen) atoms. The third-order valence-electron chi connectivity index (χ3n) is 5.57. The first-order valence-electron chi connectivity index (χ1n) is 10.4. The van der Waals surface area contributed by atoms with Crippen LogP contribution in [-0.2, 0) is 0 Å². The molecule has 1 atom stereocenters. The molecule has 1 amide bonds. The lowest BCUT2D eigenvalue weighted by Gasteiger charge is -2.42. The van der Waals surface area contributed by atoms with Crippen molar-refractivity contribution in [2.24, 2.45) is 4.99 Å². The standard InChI is InChI=1S/C24H24N6OS/c1-17-8-6-7-11-20(17)28-24(26-15-25)29-12-13-30(23(31)22-18(2)27-16-32-22)21(14-29)19-9-4-3-5-10-19/h3-11,16,21H,12-14H2,1-2H3,(H,26,28). The van der Waals surface area contributed by atoms with Crippen molar-refractivity contribution in [3.05, 3.63) is 81.8 Å². The first kappa shape index (κ1) is 21.5. The quantitative estimate of drug-likeness (QED) is 0.285. The molecule has 1 aliphatic rings. The van der Waals surface area contributed by atoms with Crippen molar-refractivity contribution < 1.29 is 4.79 Å². The fourth-order valence-electron chi connectivity index (χ4n) is 3.85. The number of benzene rings is 2. The molecule has 8 heteroatoms. The average Bonchev–Trinajstić information content (AvgIpc) is 3.25. The molecular formula is C24H24N6OS. The molecular weight excluding hydrogens is 420 g/mol. The van der Waals surface area contributed by atoms with E-state index in [-0.39, 0.29) is 11.9 Å². The van der Waals surface area contributed by atoms with Crippen LogP contribution in [0.1, 0.15) is 32.5 Å². The molecule has 2 aromatic carbocycles. The minimum Gasteiger partial charge on any atom is -0.338 e. The lowest BCUT2D eigenvalue weighted by Crippen LogP contribution is -2.54. The number of amides is 1. The Morgan fingerprint density at radius 3 is 2.59 bits per heavy atom. The SMILES string of the molecule is Cc1ccccc1N=C(NC#N)N1CCN(C(=O)c2scnc2C)C(c2ccccc2)C1. The topological polar surface area (TPSA) is 84.6 Å². The number of aromatic nitrogens is 1. The molecule has 1 aliphatic heterocycles. The molecule has 1 saturated heterocycles.